The normalized spacial score (nSPS) is 18.9. The zero-order valence-corrected chi connectivity index (χ0v) is 14.2. The molecular weight excluding hydrogens is 302 g/mol. The Labute approximate surface area is 139 Å². The van der Waals surface area contributed by atoms with Gasteiger partial charge in [0, 0.05) is 25.4 Å². The number of carbonyl (C=O) groups excluding carboxylic acids is 2. The van der Waals surface area contributed by atoms with Crippen LogP contribution in [-0.2, 0) is 9.59 Å². The van der Waals surface area contributed by atoms with E-state index in [1.807, 2.05) is 0 Å². The van der Waals surface area contributed by atoms with Crippen molar-refractivity contribution in [3.8, 4) is 0 Å². The van der Waals surface area contributed by atoms with E-state index in [0.29, 0.717) is 25.4 Å². The van der Waals surface area contributed by atoms with Gasteiger partial charge in [0.2, 0.25) is 11.8 Å². The molecule has 0 spiro atoms. The SMILES string of the molecule is Cl.O=C(CCC1CCNCC1)NCCCNC(=O)C1CCC1. The van der Waals surface area contributed by atoms with Crippen LogP contribution in [0.3, 0.4) is 0 Å². The van der Waals surface area contributed by atoms with Gasteiger partial charge >= 0.3 is 0 Å². The Morgan fingerprint density at radius 3 is 2.32 bits per heavy atom. The van der Waals surface area contributed by atoms with E-state index in [9.17, 15) is 9.59 Å². The number of halogens is 1. The Hall–Kier alpha value is -0.810. The van der Waals surface area contributed by atoms with Crippen LogP contribution in [0.25, 0.3) is 0 Å². The first-order chi connectivity index (χ1) is 10.3. The van der Waals surface area contributed by atoms with Crippen molar-refractivity contribution in [2.24, 2.45) is 11.8 Å². The largest absolute Gasteiger partial charge is 0.356 e. The van der Waals surface area contributed by atoms with E-state index in [-0.39, 0.29) is 30.1 Å². The highest BCUT2D eigenvalue weighted by Gasteiger charge is 2.24. The molecule has 1 saturated carbocycles. The molecule has 6 heteroatoms. The van der Waals surface area contributed by atoms with E-state index in [2.05, 4.69) is 16.0 Å². The lowest BCUT2D eigenvalue weighted by atomic mass is 9.85. The van der Waals surface area contributed by atoms with Crippen molar-refractivity contribution in [3.05, 3.63) is 0 Å². The van der Waals surface area contributed by atoms with Gasteiger partial charge < -0.3 is 16.0 Å². The monoisotopic (exact) mass is 331 g/mol. The summed E-state index contributed by atoms with van der Waals surface area (Å²) < 4.78 is 0. The molecule has 1 aliphatic heterocycles. The number of carbonyl (C=O) groups is 2. The summed E-state index contributed by atoms with van der Waals surface area (Å²) in [5, 5.41) is 9.23. The van der Waals surface area contributed by atoms with Crippen molar-refractivity contribution in [3.63, 3.8) is 0 Å². The maximum atomic E-state index is 11.7. The predicted octanol–water partition coefficient (Wildman–Crippen LogP) is 1.61. The number of piperidine rings is 1. The third-order valence-electron chi connectivity index (χ3n) is 4.69. The molecule has 22 heavy (non-hydrogen) atoms. The molecule has 2 fully saturated rings. The molecule has 0 radical (unpaired) electrons. The summed E-state index contributed by atoms with van der Waals surface area (Å²) in [7, 11) is 0. The maximum Gasteiger partial charge on any atom is 0.223 e. The van der Waals surface area contributed by atoms with Crippen LogP contribution >= 0.6 is 12.4 Å². The summed E-state index contributed by atoms with van der Waals surface area (Å²) in [6, 6.07) is 0. The highest BCUT2D eigenvalue weighted by Crippen LogP contribution is 2.26. The molecule has 0 bridgehead atoms. The molecule has 3 N–H and O–H groups in total. The van der Waals surface area contributed by atoms with Gasteiger partial charge in [-0.05, 0) is 57.5 Å². The minimum Gasteiger partial charge on any atom is -0.356 e. The first-order valence-corrected chi connectivity index (χ1v) is 8.51. The highest BCUT2D eigenvalue weighted by atomic mass is 35.5. The molecule has 1 heterocycles. The maximum absolute atomic E-state index is 11.7. The molecule has 0 aromatic rings. The second-order valence-corrected chi connectivity index (χ2v) is 6.35. The fourth-order valence-electron chi connectivity index (χ4n) is 2.94. The molecule has 1 saturated heterocycles. The fourth-order valence-corrected chi connectivity index (χ4v) is 2.94. The lowest BCUT2D eigenvalue weighted by Gasteiger charge is -2.24. The summed E-state index contributed by atoms with van der Waals surface area (Å²) in [4.78, 5) is 23.3. The molecule has 1 aliphatic carbocycles. The van der Waals surface area contributed by atoms with Gasteiger partial charge in [0.05, 0.1) is 0 Å². The molecule has 2 amide bonds. The van der Waals surface area contributed by atoms with Crippen molar-refractivity contribution >= 4 is 24.2 Å². The van der Waals surface area contributed by atoms with Crippen molar-refractivity contribution in [2.75, 3.05) is 26.2 Å². The molecule has 0 aromatic heterocycles. The zero-order valence-electron chi connectivity index (χ0n) is 13.4. The van der Waals surface area contributed by atoms with Gasteiger partial charge in [0.15, 0.2) is 0 Å². The third kappa shape index (κ3) is 6.97. The smallest absolute Gasteiger partial charge is 0.223 e. The minimum atomic E-state index is 0. The van der Waals surface area contributed by atoms with Crippen LogP contribution in [0.15, 0.2) is 0 Å². The van der Waals surface area contributed by atoms with Crippen LogP contribution in [0.1, 0.15) is 51.4 Å². The summed E-state index contributed by atoms with van der Waals surface area (Å²) >= 11 is 0. The average Bonchev–Trinajstić information content (AvgIpc) is 2.44. The molecule has 0 atom stereocenters. The molecule has 0 aromatic carbocycles. The summed E-state index contributed by atoms with van der Waals surface area (Å²) in [6.45, 7) is 3.51. The fraction of sp³-hybridized carbons (Fsp3) is 0.875. The summed E-state index contributed by atoms with van der Waals surface area (Å²) in [5.74, 6) is 1.31. The first-order valence-electron chi connectivity index (χ1n) is 8.51. The Morgan fingerprint density at radius 2 is 1.68 bits per heavy atom. The van der Waals surface area contributed by atoms with E-state index in [4.69, 9.17) is 0 Å². The zero-order chi connectivity index (χ0) is 14.9. The van der Waals surface area contributed by atoms with E-state index < -0.39 is 0 Å². The molecule has 0 unspecified atom stereocenters. The second kappa shape index (κ2) is 10.8. The van der Waals surface area contributed by atoms with Gasteiger partial charge in [0.1, 0.15) is 0 Å². The van der Waals surface area contributed by atoms with Crippen LogP contribution in [0.4, 0.5) is 0 Å². The number of hydrogen-bond donors (Lipinski definition) is 3. The lowest BCUT2D eigenvalue weighted by molar-refractivity contribution is -0.127. The Kier molecular flexibility index (Phi) is 9.48. The van der Waals surface area contributed by atoms with Gasteiger partial charge in [-0.2, -0.15) is 0 Å². The number of rotatable bonds is 8. The first kappa shape index (κ1) is 19.2. The van der Waals surface area contributed by atoms with Crippen LogP contribution in [0, 0.1) is 11.8 Å². The van der Waals surface area contributed by atoms with Gasteiger partial charge in [0.25, 0.3) is 0 Å². The second-order valence-electron chi connectivity index (χ2n) is 6.35. The van der Waals surface area contributed by atoms with E-state index >= 15 is 0 Å². The van der Waals surface area contributed by atoms with Crippen molar-refractivity contribution in [1.29, 1.82) is 0 Å². The van der Waals surface area contributed by atoms with Crippen LogP contribution in [-0.4, -0.2) is 38.0 Å². The standard InChI is InChI=1S/C16H29N3O2.ClH/c20-15(6-5-13-7-11-17-12-8-13)18-9-2-10-19-16(21)14-3-1-4-14;/h13-14,17H,1-12H2,(H,18,20)(H,19,21);1H. The van der Waals surface area contributed by atoms with Crippen molar-refractivity contribution < 1.29 is 9.59 Å². The van der Waals surface area contributed by atoms with Crippen LogP contribution in [0.5, 0.6) is 0 Å². The summed E-state index contributed by atoms with van der Waals surface area (Å²) in [6.07, 6.45) is 8.12. The van der Waals surface area contributed by atoms with E-state index in [1.54, 1.807) is 0 Å². The molecule has 128 valence electrons. The third-order valence-corrected chi connectivity index (χ3v) is 4.69. The van der Waals surface area contributed by atoms with Gasteiger partial charge in [-0.1, -0.05) is 6.42 Å². The van der Waals surface area contributed by atoms with Gasteiger partial charge in [-0.3, -0.25) is 9.59 Å². The Bertz CT molecular complexity index is 342. The number of amides is 2. The molecule has 2 rings (SSSR count). The lowest BCUT2D eigenvalue weighted by Crippen LogP contribution is -2.36. The van der Waals surface area contributed by atoms with Crippen molar-refractivity contribution in [1.82, 2.24) is 16.0 Å². The average molecular weight is 332 g/mol. The highest BCUT2D eigenvalue weighted by molar-refractivity contribution is 5.85. The molecule has 5 nitrogen and oxygen atoms in total. The summed E-state index contributed by atoms with van der Waals surface area (Å²) in [5.41, 5.74) is 0. The quantitative estimate of drug-likeness (QED) is 0.592. The number of nitrogens with one attached hydrogen (secondary N) is 3. The van der Waals surface area contributed by atoms with E-state index in [0.717, 1.165) is 38.8 Å². The number of hydrogen-bond acceptors (Lipinski definition) is 3. The Balaban J connectivity index is 0.00000242. The molecular formula is C16H30ClN3O2. The molecule has 2 aliphatic rings. The topological polar surface area (TPSA) is 70.2 Å². The van der Waals surface area contributed by atoms with Gasteiger partial charge in [-0.15, -0.1) is 12.4 Å². The van der Waals surface area contributed by atoms with E-state index in [1.165, 1.54) is 19.3 Å². The van der Waals surface area contributed by atoms with Crippen LogP contribution in [0.2, 0.25) is 0 Å². The predicted molar refractivity (Wildman–Crippen MR) is 90.1 cm³/mol. The van der Waals surface area contributed by atoms with Gasteiger partial charge in [-0.25, -0.2) is 0 Å². The van der Waals surface area contributed by atoms with Crippen molar-refractivity contribution in [2.45, 2.75) is 51.4 Å². The van der Waals surface area contributed by atoms with Crippen LogP contribution < -0.4 is 16.0 Å². The minimum absolute atomic E-state index is 0. The Morgan fingerprint density at radius 1 is 1.00 bits per heavy atom.